The second kappa shape index (κ2) is 9.86. The van der Waals surface area contributed by atoms with E-state index in [-0.39, 0.29) is 50.1 Å². The monoisotopic (exact) mass is 338 g/mol. The van der Waals surface area contributed by atoms with Crippen molar-refractivity contribution in [2.45, 2.75) is 33.0 Å². The van der Waals surface area contributed by atoms with Crippen LogP contribution < -0.4 is 0 Å². The molecule has 0 unspecified atom stereocenters. The Morgan fingerprint density at radius 2 is 1.17 bits per heavy atom. The normalized spacial score (nSPS) is 10.2. The van der Waals surface area contributed by atoms with E-state index in [1.165, 1.54) is 12.1 Å². The first-order chi connectivity index (χ1) is 11.5. The van der Waals surface area contributed by atoms with Crippen LogP contribution in [0.25, 0.3) is 0 Å². The molecule has 0 radical (unpaired) electrons. The molecule has 0 aliphatic heterocycles. The Bertz CT molecular complexity index is 656. The molecule has 0 aliphatic rings. The highest BCUT2D eigenvalue weighted by atomic mass is 16.3. The van der Waals surface area contributed by atoms with Gasteiger partial charge in [-0.3, -0.25) is 0 Å². The highest BCUT2D eigenvalue weighted by Gasteiger charge is 2.10. The van der Waals surface area contributed by atoms with Crippen LogP contribution in [-0.4, -0.2) is 35.7 Å². The number of rotatable bonds is 5. The highest BCUT2D eigenvalue weighted by molar-refractivity contribution is 5.44. The van der Waals surface area contributed by atoms with Gasteiger partial charge in [-0.1, -0.05) is 18.2 Å². The zero-order chi connectivity index (χ0) is 18.1. The summed E-state index contributed by atoms with van der Waals surface area (Å²) in [6.07, 6.45) is 0. The van der Waals surface area contributed by atoms with Gasteiger partial charge in [0.1, 0.15) is 11.5 Å². The lowest BCUT2D eigenvalue weighted by molar-refractivity contribution is 0.249. The third-order valence-electron chi connectivity index (χ3n) is 3.46. The van der Waals surface area contributed by atoms with E-state index in [2.05, 4.69) is 0 Å². The summed E-state index contributed by atoms with van der Waals surface area (Å²) in [6.45, 7) is -1.16. The fourth-order valence-corrected chi connectivity index (χ4v) is 2.04. The number of benzene rings is 2. The topological polar surface area (TPSA) is 142 Å². The molecule has 0 atom stereocenters. The SMILES string of the molecule is OCc1ccc(CO)c(CO)c1O.OCc1ccc(O)c(CO)c1. The number of hydrogen-bond donors (Lipinski definition) is 7. The number of aromatic hydroxyl groups is 2. The van der Waals surface area contributed by atoms with Gasteiger partial charge in [-0.25, -0.2) is 0 Å². The molecule has 0 heterocycles. The summed E-state index contributed by atoms with van der Waals surface area (Å²) in [5.41, 5.74) is 2.22. The Hall–Kier alpha value is -2.16. The summed E-state index contributed by atoms with van der Waals surface area (Å²) in [7, 11) is 0. The van der Waals surface area contributed by atoms with Crippen molar-refractivity contribution in [3.8, 4) is 11.5 Å². The Kier molecular flexibility index (Phi) is 8.17. The smallest absolute Gasteiger partial charge is 0.126 e. The minimum atomic E-state index is -0.352. The Balaban J connectivity index is 0.000000243. The van der Waals surface area contributed by atoms with E-state index >= 15 is 0 Å². The molecule has 0 spiro atoms. The largest absolute Gasteiger partial charge is 0.508 e. The molecule has 2 aromatic carbocycles. The maximum absolute atomic E-state index is 9.47. The Morgan fingerprint density at radius 3 is 1.67 bits per heavy atom. The summed E-state index contributed by atoms with van der Waals surface area (Å²) < 4.78 is 0. The van der Waals surface area contributed by atoms with Crippen molar-refractivity contribution in [3.63, 3.8) is 0 Å². The van der Waals surface area contributed by atoms with Crippen LogP contribution in [0.2, 0.25) is 0 Å². The number of hydrogen-bond acceptors (Lipinski definition) is 7. The van der Waals surface area contributed by atoms with E-state index in [0.717, 1.165) is 0 Å². The summed E-state index contributed by atoms with van der Waals surface area (Å²) in [5.74, 6) is -0.0822. The van der Waals surface area contributed by atoms with Crippen LogP contribution >= 0.6 is 0 Å². The summed E-state index contributed by atoms with van der Waals surface area (Å²) in [4.78, 5) is 0. The molecular weight excluding hydrogens is 316 g/mol. The van der Waals surface area contributed by atoms with Gasteiger partial charge in [0, 0.05) is 16.7 Å². The molecule has 0 bridgehead atoms. The molecule has 0 aromatic heterocycles. The molecule has 0 saturated carbocycles. The van der Waals surface area contributed by atoms with Crippen molar-refractivity contribution in [1.82, 2.24) is 0 Å². The summed E-state index contributed by atoms with van der Waals surface area (Å²) in [6, 6.07) is 7.71. The summed E-state index contributed by atoms with van der Waals surface area (Å²) >= 11 is 0. The molecule has 0 amide bonds. The van der Waals surface area contributed by atoms with Crippen molar-refractivity contribution in [2.24, 2.45) is 0 Å². The van der Waals surface area contributed by atoms with Crippen LogP contribution in [-0.2, 0) is 33.0 Å². The lowest BCUT2D eigenvalue weighted by atomic mass is 10.0. The quantitative estimate of drug-likeness (QED) is 0.414. The van der Waals surface area contributed by atoms with Gasteiger partial charge in [-0.15, -0.1) is 0 Å². The zero-order valence-corrected chi connectivity index (χ0v) is 13.1. The first-order valence-electron chi connectivity index (χ1n) is 7.19. The molecule has 2 aromatic rings. The predicted molar refractivity (Wildman–Crippen MR) is 85.8 cm³/mol. The van der Waals surface area contributed by atoms with Crippen molar-refractivity contribution >= 4 is 0 Å². The number of aliphatic hydroxyl groups excluding tert-OH is 5. The van der Waals surface area contributed by atoms with Crippen LogP contribution in [0, 0.1) is 0 Å². The second-order valence-corrected chi connectivity index (χ2v) is 4.96. The van der Waals surface area contributed by atoms with E-state index in [1.807, 2.05) is 0 Å². The molecule has 7 nitrogen and oxygen atoms in total. The van der Waals surface area contributed by atoms with Gasteiger partial charge in [0.25, 0.3) is 0 Å². The van der Waals surface area contributed by atoms with Crippen LogP contribution in [0.15, 0.2) is 30.3 Å². The van der Waals surface area contributed by atoms with Gasteiger partial charge in [0.2, 0.25) is 0 Å². The van der Waals surface area contributed by atoms with E-state index in [1.54, 1.807) is 18.2 Å². The average molecular weight is 338 g/mol. The minimum absolute atomic E-state index is 0.0599. The summed E-state index contributed by atoms with van der Waals surface area (Å²) in [5, 5.41) is 62.5. The highest BCUT2D eigenvalue weighted by Crippen LogP contribution is 2.26. The molecule has 7 N–H and O–H groups in total. The average Bonchev–Trinajstić information content (AvgIpc) is 2.62. The fourth-order valence-electron chi connectivity index (χ4n) is 2.04. The van der Waals surface area contributed by atoms with E-state index in [4.69, 9.17) is 30.6 Å². The standard InChI is InChI=1S/C9H12O4.C8H10O3/c10-3-6-1-2-7(4-11)9(13)8(6)5-12;9-4-6-1-2-8(11)7(3-6)5-10/h1-2,10-13H,3-5H2;1-3,9-11H,4-5H2. The third kappa shape index (κ3) is 4.92. The van der Waals surface area contributed by atoms with Crippen LogP contribution in [0.4, 0.5) is 0 Å². The van der Waals surface area contributed by atoms with Crippen molar-refractivity contribution in [2.75, 3.05) is 0 Å². The van der Waals surface area contributed by atoms with E-state index in [9.17, 15) is 5.11 Å². The van der Waals surface area contributed by atoms with Crippen LogP contribution in [0.3, 0.4) is 0 Å². The van der Waals surface area contributed by atoms with Gasteiger partial charge < -0.3 is 35.7 Å². The number of phenols is 2. The lowest BCUT2D eigenvalue weighted by Gasteiger charge is -2.10. The first kappa shape index (κ1) is 19.9. The van der Waals surface area contributed by atoms with Gasteiger partial charge in [-0.05, 0) is 23.3 Å². The first-order valence-corrected chi connectivity index (χ1v) is 7.19. The lowest BCUT2D eigenvalue weighted by Crippen LogP contribution is -1.97. The molecule has 7 heteroatoms. The molecule has 24 heavy (non-hydrogen) atoms. The predicted octanol–water partition coefficient (Wildman–Crippen LogP) is 0.246. The molecule has 0 fully saturated rings. The fraction of sp³-hybridized carbons (Fsp3) is 0.294. The molecule has 2 rings (SSSR count). The maximum Gasteiger partial charge on any atom is 0.126 e. The van der Waals surface area contributed by atoms with E-state index in [0.29, 0.717) is 22.3 Å². The molecular formula is C17H22O7. The Morgan fingerprint density at radius 1 is 0.583 bits per heavy atom. The van der Waals surface area contributed by atoms with Gasteiger partial charge in [-0.2, -0.15) is 0 Å². The molecule has 0 saturated heterocycles. The Labute approximate surface area is 139 Å². The number of aliphatic hydroxyl groups is 5. The minimum Gasteiger partial charge on any atom is -0.508 e. The van der Waals surface area contributed by atoms with Crippen LogP contribution in [0.5, 0.6) is 11.5 Å². The third-order valence-corrected chi connectivity index (χ3v) is 3.46. The van der Waals surface area contributed by atoms with Crippen molar-refractivity contribution in [3.05, 3.63) is 58.1 Å². The molecule has 132 valence electrons. The van der Waals surface area contributed by atoms with Crippen molar-refractivity contribution in [1.29, 1.82) is 0 Å². The van der Waals surface area contributed by atoms with Crippen molar-refractivity contribution < 1.29 is 35.7 Å². The zero-order valence-electron chi connectivity index (χ0n) is 13.1. The van der Waals surface area contributed by atoms with E-state index < -0.39 is 0 Å². The second-order valence-electron chi connectivity index (χ2n) is 4.96. The maximum atomic E-state index is 9.47. The van der Waals surface area contributed by atoms with Gasteiger partial charge >= 0.3 is 0 Å². The van der Waals surface area contributed by atoms with Gasteiger partial charge in [0.05, 0.1) is 33.0 Å². The molecule has 0 aliphatic carbocycles. The van der Waals surface area contributed by atoms with Gasteiger partial charge in [0.15, 0.2) is 0 Å². The van der Waals surface area contributed by atoms with Crippen LogP contribution in [0.1, 0.15) is 27.8 Å².